The zero-order valence-electron chi connectivity index (χ0n) is 18.6. The SMILES string of the molecule is COc1ccccc1-c1cccc(C(=O)NCCn2cc(-c3ccncc3)c(C3CC3)n2)c1. The Morgan fingerprint density at radius 3 is 2.64 bits per heavy atom. The summed E-state index contributed by atoms with van der Waals surface area (Å²) in [5, 5.41) is 7.85. The second-order valence-electron chi connectivity index (χ2n) is 8.24. The molecule has 33 heavy (non-hydrogen) atoms. The van der Waals surface area contributed by atoms with E-state index < -0.39 is 0 Å². The molecule has 0 unspecified atom stereocenters. The van der Waals surface area contributed by atoms with Crippen LogP contribution in [0.25, 0.3) is 22.3 Å². The summed E-state index contributed by atoms with van der Waals surface area (Å²) >= 11 is 0. The van der Waals surface area contributed by atoms with Crippen molar-refractivity contribution in [2.24, 2.45) is 0 Å². The lowest BCUT2D eigenvalue weighted by Gasteiger charge is -2.10. The van der Waals surface area contributed by atoms with Crippen LogP contribution in [0.2, 0.25) is 0 Å². The number of hydrogen-bond donors (Lipinski definition) is 1. The van der Waals surface area contributed by atoms with Crippen molar-refractivity contribution in [2.75, 3.05) is 13.7 Å². The van der Waals surface area contributed by atoms with E-state index in [0.717, 1.165) is 33.7 Å². The molecule has 166 valence electrons. The molecule has 0 aliphatic heterocycles. The summed E-state index contributed by atoms with van der Waals surface area (Å²) in [5.41, 5.74) is 5.98. The molecule has 6 nitrogen and oxygen atoms in total. The molecule has 1 N–H and O–H groups in total. The van der Waals surface area contributed by atoms with Gasteiger partial charge in [0.1, 0.15) is 5.75 Å². The molecular weight excluding hydrogens is 412 g/mol. The molecule has 4 aromatic rings. The lowest BCUT2D eigenvalue weighted by molar-refractivity contribution is 0.0952. The fourth-order valence-corrected chi connectivity index (χ4v) is 4.06. The van der Waals surface area contributed by atoms with Crippen LogP contribution in [0.3, 0.4) is 0 Å². The van der Waals surface area contributed by atoms with Gasteiger partial charge in [-0.3, -0.25) is 14.5 Å². The number of carbonyl (C=O) groups excluding carboxylic acids is 1. The summed E-state index contributed by atoms with van der Waals surface area (Å²) in [6.07, 6.45) is 8.08. The number of para-hydroxylation sites is 1. The molecule has 0 bridgehead atoms. The van der Waals surface area contributed by atoms with Crippen LogP contribution in [-0.2, 0) is 6.54 Å². The van der Waals surface area contributed by atoms with Crippen LogP contribution in [0.4, 0.5) is 0 Å². The van der Waals surface area contributed by atoms with E-state index in [0.29, 0.717) is 24.6 Å². The van der Waals surface area contributed by atoms with E-state index in [9.17, 15) is 4.79 Å². The lowest BCUT2D eigenvalue weighted by atomic mass is 10.0. The van der Waals surface area contributed by atoms with Gasteiger partial charge in [0.15, 0.2) is 0 Å². The van der Waals surface area contributed by atoms with Gasteiger partial charge < -0.3 is 10.1 Å². The van der Waals surface area contributed by atoms with Crippen molar-refractivity contribution < 1.29 is 9.53 Å². The molecule has 0 saturated heterocycles. The number of amides is 1. The minimum Gasteiger partial charge on any atom is -0.496 e. The first-order valence-corrected chi connectivity index (χ1v) is 11.2. The smallest absolute Gasteiger partial charge is 0.251 e. The molecule has 5 rings (SSSR count). The van der Waals surface area contributed by atoms with Crippen LogP contribution >= 0.6 is 0 Å². The van der Waals surface area contributed by atoms with Gasteiger partial charge >= 0.3 is 0 Å². The number of carbonyl (C=O) groups is 1. The van der Waals surface area contributed by atoms with Gasteiger partial charge in [0.05, 0.1) is 19.3 Å². The molecule has 0 atom stereocenters. The minimum absolute atomic E-state index is 0.101. The number of nitrogens with zero attached hydrogens (tertiary/aromatic N) is 3. The second kappa shape index (κ2) is 9.28. The number of rotatable bonds is 8. The van der Waals surface area contributed by atoms with E-state index in [1.165, 1.54) is 12.8 Å². The van der Waals surface area contributed by atoms with Crippen LogP contribution in [0.15, 0.2) is 79.3 Å². The van der Waals surface area contributed by atoms with Gasteiger partial charge in [-0.2, -0.15) is 5.10 Å². The molecule has 0 spiro atoms. The first kappa shape index (κ1) is 20.9. The van der Waals surface area contributed by atoms with Crippen LogP contribution in [-0.4, -0.2) is 34.3 Å². The number of nitrogens with one attached hydrogen (secondary N) is 1. The Morgan fingerprint density at radius 1 is 1.03 bits per heavy atom. The Labute approximate surface area is 193 Å². The summed E-state index contributed by atoms with van der Waals surface area (Å²) in [7, 11) is 1.65. The molecular formula is C27H26N4O2. The highest BCUT2D eigenvalue weighted by atomic mass is 16.5. The molecule has 1 amide bonds. The van der Waals surface area contributed by atoms with Crippen molar-refractivity contribution in [2.45, 2.75) is 25.3 Å². The number of ether oxygens (including phenoxy) is 1. The van der Waals surface area contributed by atoms with E-state index in [1.54, 1.807) is 7.11 Å². The summed E-state index contributed by atoms with van der Waals surface area (Å²) in [5.74, 6) is 1.22. The first-order valence-electron chi connectivity index (χ1n) is 11.2. The molecule has 1 aliphatic carbocycles. The van der Waals surface area contributed by atoms with Crippen molar-refractivity contribution in [1.82, 2.24) is 20.1 Å². The van der Waals surface area contributed by atoms with Crippen LogP contribution < -0.4 is 10.1 Å². The molecule has 2 aromatic carbocycles. The predicted molar refractivity (Wildman–Crippen MR) is 128 cm³/mol. The summed E-state index contributed by atoms with van der Waals surface area (Å²) < 4.78 is 7.40. The Hall–Kier alpha value is -3.93. The number of methoxy groups -OCH3 is 1. The van der Waals surface area contributed by atoms with Crippen molar-refractivity contribution in [3.05, 3.63) is 90.5 Å². The zero-order chi connectivity index (χ0) is 22.6. The highest BCUT2D eigenvalue weighted by Gasteiger charge is 2.29. The summed E-state index contributed by atoms with van der Waals surface area (Å²) in [6.45, 7) is 1.11. The average molecular weight is 439 g/mol. The van der Waals surface area contributed by atoms with Crippen molar-refractivity contribution in [1.29, 1.82) is 0 Å². The van der Waals surface area contributed by atoms with Crippen molar-refractivity contribution >= 4 is 5.91 Å². The normalized spacial score (nSPS) is 13.0. The van der Waals surface area contributed by atoms with E-state index in [1.807, 2.05) is 77.7 Å². The van der Waals surface area contributed by atoms with Gasteiger partial charge in [-0.25, -0.2) is 0 Å². The molecule has 0 radical (unpaired) electrons. The van der Waals surface area contributed by atoms with Crippen LogP contribution in [0, 0.1) is 0 Å². The molecule has 6 heteroatoms. The third-order valence-corrected chi connectivity index (χ3v) is 5.91. The average Bonchev–Trinajstić information content (AvgIpc) is 3.64. The lowest BCUT2D eigenvalue weighted by Crippen LogP contribution is -2.27. The highest BCUT2D eigenvalue weighted by molar-refractivity contribution is 5.95. The maximum absolute atomic E-state index is 12.8. The van der Waals surface area contributed by atoms with Crippen molar-refractivity contribution in [3.8, 4) is 28.0 Å². The highest BCUT2D eigenvalue weighted by Crippen LogP contribution is 2.43. The maximum Gasteiger partial charge on any atom is 0.251 e. The van der Waals surface area contributed by atoms with Gasteiger partial charge in [-0.1, -0.05) is 30.3 Å². The van der Waals surface area contributed by atoms with Gasteiger partial charge in [-0.15, -0.1) is 0 Å². The number of pyridine rings is 1. The Balaban J connectivity index is 1.26. The standard InChI is InChI=1S/C27H26N4O2/c1-33-25-8-3-2-7-23(25)21-5-4-6-22(17-21)27(32)29-15-16-31-18-24(19-11-13-28-14-12-19)26(30-31)20-9-10-20/h2-8,11-14,17-18,20H,9-10,15-16H2,1H3,(H,29,32). The van der Waals surface area contributed by atoms with Crippen LogP contribution in [0.1, 0.15) is 34.8 Å². The Bertz CT molecular complexity index is 1260. The van der Waals surface area contributed by atoms with E-state index in [2.05, 4.69) is 16.5 Å². The number of benzene rings is 2. The molecule has 1 fully saturated rings. The van der Waals surface area contributed by atoms with Gasteiger partial charge in [-0.05, 0) is 54.3 Å². The van der Waals surface area contributed by atoms with E-state index in [4.69, 9.17) is 9.84 Å². The second-order valence-corrected chi connectivity index (χ2v) is 8.24. The molecule has 2 aromatic heterocycles. The van der Waals surface area contributed by atoms with Gasteiger partial charge in [0.2, 0.25) is 0 Å². The van der Waals surface area contributed by atoms with Gasteiger partial charge in [0, 0.05) is 47.7 Å². The van der Waals surface area contributed by atoms with E-state index in [-0.39, 0.29) is 5.91 Å². The number of aromatic nitrogens is 3. The third-order valence-electron chi connectivity index (χ3n) is 5.91. The Morgan fingerprint density at radius 2 is 1.85 bits per heavy atom. The van der Waals surface area contributed by atoms with Crippen LogP contribution in [0.5, 0.6) is 5.75 Å². The maximum atomic E-state index is 12.8. The quantitative estimate of drug-likeness (QED) is 0.424. The minimum atomic E-state index is -0.101. The molecule has 1 aliphatic rings. The predicted octanol–water partition coefficient (Wildman–Crippen LogP) is 4.93. The topological polar surface area (TPSA) is 69.0 Å². The largest absolute Gasteiger partial charge is 0.496 e. The fourth-order valence-electron chi connectivity index (χ4n) is 4.06. The third kappa shape index (κ3) is 4.65. The fraction of sp³-hybridized carbons (Fsp3) is 0.222. The van der Waals surface area contributed by atoms with Crippen molar-refractivity contribution in [3.63, 3.8) is 0 Å². The van der Waals surface area contributed by atoms with Gasteiger partial charge in [0.25, 0.3) is 5.91 Å². The van der Waals surface area contributed by atoms with E-state index >= 15 is 0 Å². The summed E-state index contributed by atoms with van der Waals surface area (Å²) in [6, 6.07) is 19.4. The zero-order valence-corrected chi connectivity index (χ0v) is 18.6. The monoisotopic (exact) mass is 438 g/mol. The Kier molecular flexibility index (Phi) is 5.89. The first-order chi connectivity index (χ1) is 16.2. The molecule has 2 heterocycles. The summed E-state index contributed by atoms with van der Waals surface area (Å²) in [4.78, 5) is 16.9. The number of hydrogen-bond acceptors (Lipinski definition) is 4. The molecule has 1 saturated carbocycles.